The standard InChI is InChI=1S/C22H14N4/c1-2-7-14(8-3-1)26-18-11-5-4-9-15(18)16-13-24-22-19(21(16)26)20-17(25-22)10-6-12-23-20/h1-13H,(H,24,25). The summed E-state index contributed by atoms with van der Waals surface area (Å²) >= 11 is 0. The average Bonchev–Trinajstić information content (AvgIpc) is 3.24. The van der Waals surface area contributed by atoms with Crippen LogP contribution in [0.1, 0.15) is 0 Å². The lowest BCUT2D eigenvalue weighted by Gasteiger charge is -2.08. The molecular weight excluding hydrogens is 320 g/mol. The first kappa shape index (κ1) is 13.6. The van der Waals surface area contributed by atoms with E-state index in [0.717, 1.165) is 38.7 Å². The van der Waals surface area contributed by atoms with Crippen molar-refractivity contribution >= 4 is 43.9 Å². The molecule has 0 aliphatic heterocycles. The summed E-state index contributed by atoms with van der Waals surface area (Å²) in [6, 6.07) is 22.9. The second-order valence-electron chi connectivity index (χ2n) is 6.46. The molecule has 0 amide bonds. The molecule has 2 aromatic carbocycles. The molecule has 26 heavy (non-hydrogen) atoms. The van der Waals surface area contributed by atoms with Gasteiger partial charge in [0.15, 0.2) is 0 Å². The first-order valence-electron chi connectivity index (χ1n) is 8.62. The van der Waals surface area contributed by atoms with Crippen LogP contribution in [0.4, 0.5) is 0 Å². The average molecular weight is 334 g/mol. The van der Waals surface area contributed by atoms with Gasteiger partial charge in [-0.2, -0.15) is 0 Å². The van der Waals surface area contributed by atoms with E-state index < -0.39 is 0 Å². The number of rotatable bonds is 1. The van der Waals surface area contributed by atoms with Crippen LogP contribution in [0, 0.1) is 0 Å². The summed E-state index contributed by atoms with van der Waals surface area (Å²) in [5, 5.41) is 3.41. The van der Waals surface area contributed by atoms with Crippen molar-refractivity contribution in [2.45, 2.75) is 0 Å². The summed E-state index contributed by atoms with van der Waals surface area (Å²) in [6.07, 6.45) is 3.80. The maximum absolute atomic E-state index is 4.69. The van der Waals surface area contributed by atoms with E-state index in [9.17, 15) is 0 Å². The van der Waals surface area contributed by atoms with E-state index in [1.807, 2.05) is 30.6 Å². The third-order valence-corrected chi connectivity index (χ3v) is 5.02. The Hall–Kier alpha value is -3.66. The van der Waals surface area contributed by atoms with Gasteiger partial charge >= 0.3 is 0 Å². The van der Waals surface area contributed by atoms with E-state index >= 15 is 0 Å². The van der Waals surface area contributed by atoms with Crippen molar-refractivity contribution in [3.8, 4) is 5.69 Å². The zero-order valence-electron chi connectivity index (χ0n) is 13.8. The van der Waals surface area contributed by atoms with E-state index in [0.29, 0.717) is 0 Å². The molecule has 4 heterocycles. The van der Waals surface area contributed by atoms with Crippen LogP contribution in [0.25, 0.3) is 49.6 Å². The molecule has 0 aliphatic rings. The van der Waals surface area contributed by atoms with E-state index in [2.05, 4.69) is 63.1 Å². The van der Waals surface area contributed by atoms with Crippen LogP contribution < -0.4 is 0 Å². The molecule has 1 N–H and O–H groups in total. The topological polar surface area (TPSA) is 46.5 Å². The van der Waals surface area contributed by atoms with E-state index in [-0.39, 0.29) is 0 Å². The minimum absolute atomic E-state index is 0.867. The summed E-state index contributed by atoms with van der Waals surface area (Å²) in [6.45, 7) is 0. The maximum Gasteiger partial charge on any atom is 0.142 e. The molecule has 4 aromatic heterocycles. The first-order chi connectivity index (χ1) is 12.9. The Morgan fingerprint density at radius 2 is 1.62 bits per heavy atom. The summed E-state index contributed by atoms with van der Waals surface area (Å²) < 4.78 is 2.32. The quantitative estimate of drug-likeness (QED) is 0.449. The minimum Gasteiger partial charge on any atom is -0.338 e. The van der Waals surface area contributed by atoms with Crippen LogP contribution in [0.2, 0.25) is 0 Å². The SMILES string of the molecule is c1ccc(-n2c3ccccc3c3cnc4[nH]c5cccnc5c4c32)cc1. The van der Waals surface area contributed by atoms with Crippen LogP contribution >= 0.6 is 0 Å². The lowest BCUT2D eigenvalue weighted by molar-refractivity contribution is 1.18. The van der Waals surface area contributed by atoms with Crippen molar-refractivity contribution in [1.29, 1.82) is 0 Å². The Bertz CT molecular complexity index is 1420. The number of hydrogen-bond donors (Lipinski definition) is 1. The number of para-hydroxylation sites is 2. The highest BCUT2D eigenvalue weighted by molar-refractivity contribution is 6.23. The molecule has 0 unspecified atom stereocenters. The Labute approximate surface area is 148 Å². The third kappa shape index (κ3) is 1.68. The summed E-state index contributed by atoms with van der Waals surface area (Å²) in [5.41, 5.74) is 6.29. The third-order valence-electron chi connectivity index (χ3n) is 5.02. The van der Waals surface area contributed by atoms with E-state index in [4.69, 9.17) is 4.98 Å². The van der Waals surface area contributed by atoms with Gasteiger partial charge in [-0.25, -0.2) is 4.98 Å². The molecule has 0 bridgehead atoms. The molecule has 0 fully saturated rings. The number of aromatic nitrogens is 4. The molecule has 4 heteroatoms. The smallest absolute Gasteiger partial charge is 0.142 e. The molecule has 122 valence electrons. The number of fused-ring (bicyclic) bond motifs is 7. The summed E-state index contributed by atoms with van der Waals surface area (Å²) in [7, 11) is 0. The molecule has 6 aromatic rings. The predicted molar refractivity (Wildman–Crippen MR) is 106 cm³/mol. The molecule has 4 nitrogen and oxygen atoms in total. The number of pyridine rings is 2. The fourth-order valence-corrected chi connectivity index (χ4v) is 3.95. The van der Waals surface area contributed by atoms with Crippen LogP contribution in [0.15, 0.2) is 79.1 Å². The molecule has 0 saturated carbocycles. The highest BCUT2D eigenvalue weighted by atomic mass is 15.0. The lowest BCUT2D eigenvalue weighted by atomic mass is 10.1. The fraction of sp³-hybridized carbons (Fsp3) is 0. The molecule has 0 spiro atoms. The molecule has 0 saturated heterocycles. The number of aromatic amines is 1. The Kier molecular flexibility index (Phi) is 2.58. The van der Waals surface area contributed by atoms with Gasteiger partial charge in [-0.05, 0) is 30.3 Å². The number of hydrogen-bond acceptors (Lipinski definition) is 2. The molecular formula is C22H14N4. The van der Waals surface area contributed by atoms with Gasteiger partial charge in [0.2, 0.25) is 0 Å². The van der Waals surface area contributed by atoms with Crippen molar-refractivity contribution in [3.05, 3.63) is 79.1 Å². The van der Waals surface area contributed by atoms with Gasteiger partial charge in [0, 0.05) is 28.9 Å². The number of H-pyrrole nitrogens is 1. The van der Waals surface area contributed by atoms with E-state index in [1.165, 1.54) is 10.9 Å². The van der Waals surface area contributed by atoms with Crippen LogP contribution in [-0.4, -0.2) is 19.5 Å². The molecule has 6 rings (SSSR count). The first-order valence-corrected chi connectivity index (χ1v) is 8.62. The van der Waals surface area contributed by atoms with Crippen LogP contribution in [-0.2, 0) is 0 Å². The predicted octanol–water partition coefficient (Wildman–Crippen LogP) is 5.21. The zero-order valence-corrected chi connectivity index (χ0v) is 13.8. The Balaban J connectivity index is 1.96. The van der Waals surface area contributed by atoms with E-state index in [1.54, 1.807) is 0 Å². The van der Waals surface area contributed by atoms with Crippen molar-refractivity contribution < 1.29 is 0 Å². The number of nitrogens with one attached hydrogen (secondary N) is 1. The summed E-state index contributed by atoms with van der Waals surface area (Å²) in [4.78, 5) is 12.7. The maximum atomic E-state index is 4.69. The number of benzene rings is 2. The second kappa shape index (κ2) is 4.92. The van der Waals surface area contributed by atoms with Crippen molar-refractivity contribution in [1.82, 2.24) is 19.5 Å². The molecule has 0 radical (unpaired) electrons. The molecule has 0 atom stereocenters. The van der Waals surface area contributed by atoms with Gasteiger partial charge in [0.25, 0.3) is 0 Å². The van der Waals surface area contributed by atoms with Gasteiger partial charge in [0.05, 0.1) is 27.5 Å². The fourth-order valence-electron chi connectivity index (χ4n) is 3.95. The van der Waals surface area contributed by atoms with Gasteiger partial charge in [-0.15, -0.1) is 0 Å². The van der Waals surface area contributed by atoms with Crippen LogP contribution in [0.3, 0.4) is 0 Å². The van der Waals surface area contributed by atoms with Gasteiger partial charge in [-0.3, -0.25) is 4.98 Å². The second-order valence-corrected chi connectivity index (χ2v) is 6.46. The highest BCUT2D eigenvalue weighted by Gasteiger charge is 2.18. The monoisotopic (exact) mass is 334 g/mol. The Morgan fingerprint density at radius 1 is 0.769 bits per heavy atom. The summed E-state index contributed by atoms with van der Waals surface area (Å²) in [5.74, 6) is 0. The van der Waals surface area contributed by atoms with Crippen molar-refractivity contribution in [2.75, 3.05) is 0 Å². The van der Waals surface area contributed by atoms with Crippen LogP contribution in [0.5, 0.6) is 0 Å². The minimum atomic E-state index is 0.867. The van der Waals surface area contributed by atoms with Crippen molar-refractivity contribution in [2.24, 2.45) is 0 Å². The number of nitrogens with zero attached hydrogens (tertiary/aromatic N) is 3. The Morgan fingerprint density at radius 3 is 2.54 bits per heavy atom. The molecule has 0 aliphatic carbocycles. The van der Waals surface area contributed by atoms with Crippen molar-refractivity contribution in [3.63, 3.8) is 0 Å². The van der Waals surface area contributed by atoms with Gasteiger partial charge in [-0.1, -0.05) is 36.4 Å². The highest BCUT2D eigenvalue weighted by Crippen LogP contribution is 2.37. The lowest BCUT2D eigenvalue weighted by Crippen LogP contribution is -1.94. The van der Waals surface area contributed by atoms with Gasteiger partial charge < -0.3 is 9.55 Å². The van der Waals surface area contributed by atoms with Gasteiger partial charge in [0.1, 0.15) is 5.65 Å². The zero-order chi connectivity index (χ0) is 17.1. The largest absolute Gasteiger partial charge is 0.338 e. The normalized spacial score (nSPS) is 11.8.